The molecule has 0 radical (unpaired) electrons. The largest absolute Gasteiger partial charge is 0.462 e. The molecule has 0 spiro atoms. The molecule has 0 heterocycles. The zero-order valence-corrected chi connectivity index (χ0v) is 44.3. The van der Waals surface area contributed by atoms with Gasteiger partial charge in [0.15, 0.2) is 6.10 Å². The van der Waals surface area contributed by atoms with Gasteiger partial charge in [-0.2, -0.15) is 0 Å². The Morgan fingerprint density at radius 2 is 0.603 bits per heavy atom. The minimum Gasteiger partial charge on any atom is -0.462 e. The summed E-state index contributed by atoms with van der Waals surface area (Å²) in [6, 6.07) is 0. The van der Waals surface area contributed by atoms with E-state index >= 15 is 0 Å². The molecule has 0 rings (SSSR count). The molecule has 6 nitrogen and oxygen atoms in total. The number of carbonyl (C=O) groups excluding carboxylic acids is 3. The van der Waals surface area contributed by atoms with Gasteiger partial charge in [0.1, 0.15) is 13.2 Å². The topological polar surface area (TPSA) is 78.9 Å². The van der Waals surface area contributed by atoms with Crippen LogP contribution in [0.25, 0.3) is 0 Å². The van der Waals surface area contributed by atoms with Gasteiger partial charge in [-0.3, -0.25) is 14.4 Å². The van der Waals surface area contributed by atoms with Crippen LogP contribution in [0, 0.1) is 0 Å². The molecule has 0 bridgehead atoms. The molecule has 0 fully saturated rings. The van der Waals surface area contributed by atoms with E-state index < -0.39 is 6.10 Å². The quantitative estimate of drug-likeness (QED) is 0.0199. The van der Waals surface area contributed by atoms with Crippen molar-refractivity contribution >= 4 is 17.9 Å². The van der Waals surface area contributed by atoms with Gasteiger partial charge in [0.2, 0.25) is 0 Å². The highest BCUT2D eigenvalue weighted by Gasteiger charge is 2.19. The van der Waals surface area contributed by atoms with Crippen molar-refractivity contribution < 1.29 is 28.6 Å². The van der Waals surface area contributed by atoms with Crippen LogP contribution < -0.4 is 0 Å². The van der Waals surface area contributed by atoms with E-state index in [0.717, 1.165) is 89.9 Å². The first kappa shape index (κ1) is 64.3. The molecule has 0 aromatic carbocycles. The Morgan fingerprint density at radius 1 is 0.309 bits per heavy atom. The molecule has 0 N–H and O–H groups in total. The van der Waals surface area contributed by atoms with Crippen LogP contribution >= 0.6 is 0 Å². The highest BCUT2D eigenvalue weighted by molar-refractivity contribution is 5.71. The maximum Gasteiger partial charge on any atom is 0.306 e. The average molecular weight is 946 g/mol. The second-order valence-electron chi connectivity index (χ2n) is 18.5. The smallest absolute Gasteiger partial charge is 0.306 e. The van der Waals surface area contributed by atoms with Gasteiger partial charge in [-0.25, -0.2) is 0 Å². The minimum absolute atomic E-state index is 0.109. The Morgan fingerprint density at radius 3 is 1.04 bits per heavy atom. The Hall–Kier alpha value is -3.67. The van der Waals surface area contributed by atoms with E-state index in [-0.39, 0.29) is 37.5 Å². The van der Waals surface area contributed by atoms with Crippen LogP contribution in [-0.4, -0.2) is 37.2 Å². The monoisotopic (exact) mass is 945 g/mol. The predicted molar refractivity (Wildman–Crippen MR) is 293 cm³/mol. The molecule has 68 heavy (non-hydrogen) atoms. The SMILES string of the molecule is CCCCC/C=C\C/C=C\C/C=C\C/C=C\CCCC(=O)OC(COC(=O)CCCCCCC\C=C/C=C\C=C/CCCCCCC)COC(=O)CCCCCCCCC/C=C\CCCCCC. The van der Waals surface area contributed by atoms with E-state index in [9.17, 15) is 14.4 Å². The first-order chi connectivity index (χ1) is 33.5. The number of rotatable bonds is 50. The number of carbonyl (C=O) groups is 3. The van der Waals surface area contributed by atoms with Gasteiger partial charge in [0, 0.05) is 19.3 Å². The molecule has 0 saturated heterocycles. The molecular formula is C62H104O6. The number of hydrogen-bond donors (Lipinski definition) is 0. The number of unbranched alkanes of at least 4 members (excludes halogenated alkanes) is 25. The van der Waals surface area contributed by atoms with E-state index in [2.05, 4.69) is 118 Å². The van der Waals surface area contributed by atoms with Crippen molar-refractivity contribution in [2.45, 2.75) is 264 Å². The molecule has 0 aromatic heterocycles. The van der Waals surface area contributed by atoms with E-state index in [1.165, 1.54) is 122 Å². The maximum absolute atomic E-state index is 12.8. The number of ether oxygens (including phenoxy) is 3. The van der Waals surface area contributed by atoms with Gasteiger partial charge >= 0.3 is 17.9 Å². The fourth-order valence-corrected chi connectivity index (χ4v) is 7.55. The van der Waals surface area contributed by atoms with Crippen molar-refractivity contribution in [1.29, 1.82) is 0 Å². The Kier molecular flexibility index (Phi) is 52.9. The molecule has 0 amide bonds. The molecule has 1 unspecified atom stereocenters. The van der Waals surface area contributed by atoms with Crippen LogP contribution in [-0.2, 0) is 28.6 Å². The first-order valence-electron chi connectivity index (χ1n) is 28.3. The molecule has 0 aliphatic heterocycles. The van der Waals surface area contributed by atoms with Gasteiger partial charge < -0.3 is 14.2 Å². The summed E-state index contributed by atoms with van der Waals surface area (Å²) in [4.78, 5) is 38.1. The first-order valence-corrected chi connectivity index (χ1v) is 28.3. The molecule has 1 atom stereocenters. The molecule has 6 heteroatoms. The van der Waals surface area contributed by atoms with Crippen LogP contribution in [0.3, 0.4) is 0 Å². The Balaban J connectivity index is 4.53. The summed E-state index contributed by atoms with van der Waals surface area (Å²) >= 11 is 0. The molecule has 0 aliphatic carbocycles. The summed E-state index contributed by atoms with van der Waals surface area (Å²) in [5, 5.41) is 0. The summed E-state index contributed by atoms with van der Waals surface area (Å²) < 4.78 is 16.8. The maximum atomic E-state index is 12.8. The van der Waals surface area contributed by atoms with Crippen molar-refractivity contribution in [3.63, 3.8) is 0 Å². The highest BCUT2D eigenvalue weighted by atomic mass is 16.6. The fraction of sp³-hybridized carbons (Fsp3) is 0.694. The van der Waals surface area contributed by atoms with E-state index in [4.69, 9.17) is 14.2 Å². The third-order valence-corrected chi connectivity index (χ3v) is 11.8. The van der Waals surface area contributed by atoms with Crippen LogP contribution in [0.4, 0.5) is 0 Å². The second kappa shape index (κ2) is 55.9. The average Bonchev–Trinajstić information content (AvgIpc) is 3.34. The van der Waals surface area contributed by atoms with E-state index in [1.54, 1.807) is 0 Å². The Bertz CT molecular complexity index is 1360. The van der Waals surface area contributed by atoms with Crippen molar-refractivity contribution in [3.8, 4) is 0 Å². The fourth-order valence-electron chi connectivity index (χ4n) is 7.55. The van der Waals surface area contributed by atoms with Gasteiger partial charge in [-0.1, -0.05) is 227 Å². The number of hydrogen-bond acceptors (Lipinski definition) is 6. The minimum atomic E-state index is -0.818. The normalized spacial score (nSPS) is 12.8. The lowest BCUT2D eigenvalue weighted by Gasteiger charge is -2.18. The molecule has 0 aliphatic rings. The van der Waals surface area contributed by atoms with Gasteiger partial charge in [-0.15, -0.1) is 0 Å². The van der Waals surface area contributed by atoms with E-state index in [1.807, 2.05) is 0 Å². The van der Waals surface area contributed by atoms with Crippen molar-refractivity contribution in [2.75, 3.05) is 13.2 Å². The van der Waals surface area contributed by atoms with Crippen molar-refractivity contribution in [2.24, 2.45) is 0 Å². The lowest BCUT2D eigenvalue weighted by Crippen LogP contribution is -2.30. The highest BCUT2D eigenvalue weighted by Crippen LogP contribution is 2.13. The van der Waals surface area contributed by atoms with Gasteiger partial charge in [0.25, 0.3) is 0 Å². The summed E-state index contributed by atoms with van der Waals surface area (Å²) in [6.07, 6.45) is 73.9. The lowest BCUT2D eigenvalue weighted by atomic mass is 10.1. The van der Waals surface area contributed by atoms with Crippen LogP contribution in [0.2, 0.25) is 0 Å². The van der Waals surface area contributed by atoms with Crippen LogP contribution in [0.15, 0.2) is 97.2 Å². The summed E-state index contributed by atoms with van der Waals surface area (Å²) in [5.74, 6) is -0.989. The molecule has 388 valence electrons. The molecule has 0 aromatic rings. The summed E-state index contributed by atoms with van der Waals surface area (Å²) in [6.45, 7) is 6.52. The van der Waals surface area contributed by atoms with Gasteiger partial charge in [0.05, 0.1) is 0 Å². The van der Waals surface area contributed by atoms with Crippen molar-refractivity contribution in [1.82, 2.24) is 0 Å². The summed E-state index contributed by atoms with van der Waals surface area (Å²) in [5.41, 5.74) is 0. The Labute approximate surface area is 419 Å². The lowest BCUT2D eigenvalue weighted by molar-refractivity contribution is -0.167. The third kappa shape index (κ3) is 53.3. The molecular weight excluding hydrogens is 841 g/mol. The zero-order chi connectivity index (χ0) is 49.3. The number of allylic oxidation sites excluding steroid dienone is 16. The van der Waals surface area contributed by atoms with Crippen LogP contribution in [0.1, 0.15) is 258 Å². The van der Waals surface area contributed by atoms with Crippen LogP contribution in [0.5, 0.6) is 0 Å². The van der Waals surface area contributed by atoms with Gasteiger partial charge in [-0.05, 0) is 109 Å². The van der Waals surface area contributed by atoms with E-state index in [0.29, 0.717) is 19.3 Å². The summed E-state index contributed by atoms with van der Waals surface area (Å²) in [7, 11) is 0. The standard InChI is InChI=1S/C62H104O6/c1-4-7-10-13-16-19-22-25-28-30-32-34-37-40-43-46-49-52-55-61(64)67-58-59(57-66-60(63)54-51-48-45-42-39-36-33-27-24-21-18-15-12-9-6-3)68-62(65)56-53-50-47-44-41-38-35-31-29-26-23-20-17-14-11-8-5-2/h17,20-22,24-26,28-30,32,34-35,38,44,47,59H,4-16,18-19,23,27,31,33,36-37,39-43,45-46,48-58H2,1-3H3/b20-17-,24-21-,25-22-,29-26-,30-28-,34-32-,38-35-,47-44-. The number of esters is 3. The third-order valence-electron chi connectivity index (χ3n) is 11.8. The predicted octanol–water partition coefficient (Wildman–Crippen LogP) is 18.9. The zero-order valence-electron chi connectivity index (χ0n) is 44.3. The second-order valence-corrected chi connectivity index (χ2v) is 18.5. The van der Waals surface area contributed by atoms with Crippen molar-refractivity contribution in [3.05, 3.63) is 97.2 Å². The molecule has 0 saturated carbocycles.